The standard InChI is InChI=1S/C20H26N2O3S/c1-6-22(14(2)3)17-10-8-16(9-11-17)21-20(23)19-13-18(26(5,24)25)12-7-15(19)4/h7-14H,6H2,1-5H3,(H,21,23). The van der Waals surface area contributed by atoms with E-state index in [-0.39, 0.29) is 10.8 Å². The van der Waals surface area contributed by atoms with Gasteiger partial charge in [-0.2, -0.15) is 0 Å². The lowest BCUT2D eigenvalue weighted by atomic mass is 10.1. The topological polar surface area (TPSA) is 66.5 Å². The van der Waals surface area contributed by atoms with E-state index in [2.05, 4.69) is 31.0 Å². The molecular formula is C20H26N2O3S. The molecule has 0 unspecified atom stereocenters. The van der Waals surface area contributed by atoms with Crippen molar-refractivity contribution in [2.24, 2.45) is 0 Å². The van der Waals surface area contributed by atoms with Gasteiger partial charge >= 0.3 is 0 Å². The van der Waals surface area contributed by atoms with Crippen molar-refractivity contribution in [2.75, 3.05) is 23.0 Å². The number of nitrogens with zero attached hydrogens (tertiary/aromatic N) is 1. The summed E-state index contributed by atoms with van der Waals surface area (Å²) in [5.74, 6) is -0.322. The smallest absolute Gasteiger partial charge is 0.255 e. The van der Waals surface area contributed by atoms with E-state index in [1.54, 1.807) is 13.0 Å². The second-order valence-electron chi connectivity index (χ2n) is 6.63. The summed E-state index contributed by atoms with van der Waals surface area (Å²) in [6.45, 7) is 9.06. The van der Waals surface area contributed by atoms with E-state index in [9.17, 15) is 13.2 Å². The van der Waals surface area contributed by atoms with Crippen LogP contribution in [0.1, 0.15) is 36.7 Å². The quantitative estimate of drug-likeness (QED) is 0.833. The average molecular weight is 375 g/mol. The number of hydrogen-bond donors (Lipinski definition) is 1. The third-order valence-corrected chi connectivity index (χ3v) is 5.41. The highest BCUT2D eigenvalue weighted by Crippen LogP contribution is 2.21. The Bertz CT molecular complexity index is 888. The van der Waals surface area contributed by atoms with Crippen molar-refractivity contribution in [3.63, 3.8) is 0 Å². The maximum atomic E-state index is 12.6. The third kappa shape index (κ3) is 4.64. The Labute approximate surface area is 156 Å². The van der Waals surface area contributed by atoms with Gasteiger partial charge in [0.25, 0.3) is 5.91 Å². The molecule has 0 aromatic heterocycles. The number of benzene rings is 2. The van der Waals surface area contributed by atoms with Crippen LogP contribution in [-0.2, 0) is 9.84 Å². The van der Waals surface area contributed by atoms with Crippen molar-refractivity contribution in [2.45, 2.75) is 38.6 Å². The highest BCUT2D eigenvalue weighted by molar-refractivity contribution is 7.90. The molecule has 0 spiro atoms. The second kappa shape index (κ2) is 7.91. The van der Waals surface area contributed by atoms with Crippen LogP contribution in [0, 0.1) is 6.92 Å². The summed E-state index contributed by atoms with van der Waals surface area (Å²) in [5, 5.41) is 2.84. The van der Waals surface area contributed by atoms with E-state index in [0.717, 1.165) is 24.1 Å². The van der Waals surface area contributed by atoms with E-state index >= 15 is 0 Å². The maximum absolute atomic E-state index is 12.6. The van der Waals surface area contributed by atoms with E-state index in [1.165, 1.54) is 12.1 Å². The zero-order valence-corrected chi connectivity index (χ0v) is 16.7. The van der Waals surface area contributed by atoms with Crippen molar-refractivity contribution in [3.05, 3.63) is 53.6 Å². The van der Waals surface area contributed by atoms with Crippen LogP contribution in [0.25, 0.3) is 0 Å². The fraction of sp³-hybridized carbons (Fsp3) is 0.350. The Morgan fingerprint density at radius 3 is 2.23 bits per heavy atom. The molecule has 0 heterocycles. The predicted octanol–water partition coefficient (Wildman–Crippen LogP) is 3.89. The zero-order valence-electron chi connectivity index (χ0n) is 15.9. The van der Waals surface area contributed by atoms with Gasteiger partial charge in [0, 0.05) is 35.8 Å². The molecule has 0 aliphatic carbocycles. The number of carbonyl (C=O) groups is 1. The summed E-state index contributed by atoms with van der Waals surface area (Å²) in [7, 11) is -3.36. The number of carbonyl (C=O) groups excluding carboxylic acids is 1. The number of nitrogens with one attached hydrogen (secondary N) is 1. The molecule has 26 heavy (non-hydrogen) atoms. The van der Waals surface area contributed by atoms with Gasteiger partial charge < -0.3 is 10.2 Å². The summed E-state index contributed by atoms with van der Waals surface area (Å²) in [5.41, 5.74) is 2.84. The normalized spacial score (nSPS) is 11.5. The van der Waals surface area contributed by atoms with Crippen LogP contribution in [0.5, 0.6) is 0 Å². The molecule has 0 saturated carbocycles. The minimum Gasteiger partial charge on any atom is -0.369 e. The molecular weight excluding hydrogens is 348 g/mol. The first-order valence-electron chi connectivity index (χ1n) is 8.62. The lowest BCUT2D eigenvalue weighted by molar-refractivity contribution is 0.102. The van der Waals surface area contributed by atoms with Crippen molar-refractivity contribution < 1.29 is 13.2 Å². The minimum atomic E-state index is -3.36. The van der Waals surface area contributed by atoms with Crippen LogP contribution in [0.4, 0.5) is 11.4 Å². The molecule has 0 radical (unpaired) electrons. The van der Waals surface area contributed by atoms with E-state index < -0.39 is 9.84 Å². The van der Waals surface area contributed by atoms with Crippen LogP contribution >= 0.6 is 0 Å². The van der Waals surface area contributed by atoms with Crippen molar-refractivity contribution in [3.8, 4) is 0 Å². The van der Waals surface area contributed by atoms with E-state index in [4.69, 9.17) is 0 Å². The Hall–Kier alpha value is -2.34. The highest BCUT2D eigenvalue weighted by Gasteiger charge is 2.15. The molecule has 140 valence electrons. The fourth-order valence-corrected chi connectivity index (χ4v) is 3.50. The summed E-state index contributed by atoms with van der Waals surface area (Å²) in [6, 6.07) is 12.6. The molecule has 0 atom stereocenters. The molecule has 1 N–H and O–H groups in total. The monoisotopic (exact) mass is 374 g/mol. The fourth-order valence-electron chi connectivity index (χ4n) is 2.86. The SMILES string of the molecule is CCN(c1ccc(NC(=O)c2cc(S(C)(=O)=O)ccc2C)cc1)C(C)C. The van der Waals surface area contributed by atoms with Crippen molar-refractivity contribution in [1.29, 1.82) is 0 Å². The van der Waals surface area contributed by atoms with E-state index in [1.807, 2.05) is 24.3 Å². The molecule has 0 fully saturated rings. The Kier molecular flexibility index (Phi) is 6.08. The lowest BCUT2D eigenvalue weighted by Crippen LogP contribution is -2.30. The Morgan fingerprint density at radius 1 is 1.12 bits per heavy atom. The summed E-state index contributed by atoms with van der Waals surface area (Å²) in [4.78, 5) is 15.0. The number of sulfone groups is 1. The Morgan fingerprint density at radius 2 is 1.73 bits per heavy atom. The van der Waals surface area contributed by atoms with Crippen LogP contribution in [0.15, 0.2) is 47.4 Å². The van der Waals surface area contributed by atoms with E-state index in [0.29, 0.717) is 17.3 Å². The van der Waals surface area contributed by atoms with Crippen molar-refractivity contribution >= 4 is 27.1 Å². The zero-order chi connectivity index (χ0) is 19.5. The largest absolute Gasteiger partial charge is 0.369 e. The van der Waals surface area contributed by atoms with Gasteiger partial charge in [-0.1, -0.05) is 6.07 Å². The first-order chi connectivity index (χ1) is 12.1. The van der Waals surface area contributed by atoms with Crippen LogP contribution in [0.2, 0.25) is 0 Å². The molecule has 0 aliphatic heterocycles. The number of hydrogen-bond acceptors (Lipinski definition) is 4. The van der Waals surface area contributed by atoms with Gasteiger partial charge in [-0.25, -0.2) is 8.42 Å². The first kappa shape index (κ1) is 20.0. The minimum absolute atomic E-state index is 0.138. The molecule has 2 aromatic rings. The average Bonchev–Trinajstić information content (AvgIpc) is 2.56. The predicted molar refractivity (Wildman–Crippen MR) is 107 cm³/mol. The molecule has 0 bridgehead atoms. The molecule has 6 heteroatoms. The Balaban J connectivity index is 2.23. The number of aryl methyl sites for hydroxylation is 1. The summed E-state index contributed by atoms with van der Waals surface area (Å²) >= 11 is 0. The van der Waals surface area contributed by atoms with Crippen LogP contribution < -0.4 is 10.2 Å². The third-order valence-electron chi connectivity index (χ3n) is 4.30. The first-order valence-corrected chi connectivity index (χ1v) is 10.5. The molecule has 2 aromatic carbocycles. The molecule has 0 aliphatic rings. The second-order valence-corrected chi connectivity index (χ2v) is 8.65. The molecule has 2 rings (SSSR count). The number of anilines is 2. The van der Waals surface area contributed by atoms with Gasteiger partial charge in [-0.3, -0.25) is 4.79 Å². The summed E-state index contributed by atoms with van der Waals surface area (Å²) in [6.07, 6.45) is 1.13. The van der Waals surface area contributed by atoms with Gasteiger partial charge in [-0.15, -0.1) is 0 Å². The van der Waals surface area contributed by atoms with Gasteiger partial charge in [0.1, 0.15) is 0 Å². The van der Waals surface area contributed by atoms with Gasteiger partial charge in [0.05, 0.1) is 4.90 Å². The van der Waals surface area contributed by atoms with Crippen molar-refractivity contribution in [1.82, 2.24) is 0 Å². The van der Waals surface area contributed by atoms with Gasteiger partial charge in [0.2, 0.25) is 0 Å². The van der Waals surface area contributed by atoms with Gasteiger partial charge in [0.15, 0.2) is 9.84 Å². The maximum Gasteiger partial charge on any atom is 0.255 e. The van der Waals surface area contributed by atoms with Crippen LogP contribution in [-0.4, -0.2) is 33.2 Å². The summed E-state index contributed by atoms with van der Waals surface area (Å²) < 4.78 is 23.5. The number of amides is 1. The molecule has 0 saturated heterocycles. The highest BCUT2D eigenvalue weighted by atomic mass is 32.2. The molecule has 5 nitrogen and oxygen atoms in total. The molecule has 1 amide bonds. The van der Waals surface area contributed by atoms with Crippen LogP contribution in [0.3, 0.4) is 0 Å². The number of rotatable bonds is 6. The lowest BCUT2D eigenvalue weighted by Gasteiger charge is -2.27. The van der Waals surface area contributed by atoms with Gasteiger partial charge in [-0.05, 0) is 69.7 Å².